The number of benzene rings is 3. The number of methoxy groups -OCH3 is 2. The Morgan fingerprint density at radius 3 is 2.14 bits per heavy atom. The number of aliphatic hydroxyl groups is 1. The smallest absolute Gasteiger partial charge is 0.335 e. The van der Waals surface area contributed by atoms with Gasteiger partial charge in [-0.2, -0.15) is 0 Å². The van der Waals surface area contributed by atoms with E-state index < -0.39 is 23.7 Å². The van der Waals surface area contributed by atoms with Gasteiger partial charge in [0, 0.05) is 6.54 Å². The molecule has 1 heterocycles. The summed E-state index contributed by atoms with van der Waals surface area (Å²) in [5, 5.41) is 20.4. The quantitative estimate of drug-likeness (QED) is 0.303. The molecule has 0 saturated carbocycles. The summed E-state index contributed by atoms with van der Waals surface area (Å²) >= 11 is 0. The molecule has 1 aliphatic heterocycles. The second kappa shape index (κ2) is 9.72. The van der Waals surface area contributed by atoms with Gasteiger partial charge in [-0.1, -0.05) is 36.4 Å². The van der Waals surface area contributed by atoms with Crippen LogP contribution in [0.25, 0.3) is 5.76 Å². The maximum absolute atomic E-state index is 13.2. The molecule has 2 N–H and O–H groups in total. The van der Waals surface area contributed by atoms with E-state index in [2.05, 4.69) is 0 Å². The predicted octanol–water partition coefficient (Wildman–Crippen LogP) is 4.02. The Labute approximate surface area is 201 Å². The van der Waals surface area contributed by atoms with Crippen LogP contribution >= 0.6 is 0 Å². The average molecular weight is 473 g/mol. The first-order chi connectivity index (χ1) is 16.8. The minimum absolute atomic E-state index is 0.0316. The van der Waals surface area contributed by atoms with Gasteiger partial charge in [-0.15, -0.1) is 0 Å². The third-order valence-corrected chi connectivity index (χ3v) is 5.89. The molecule has 1 aliphatic rings. The summed E-state index contributed by atoms with van der Waals surface area (Å²) in [5.41, 5.74) is 1.57. The van der Waals surface area contributed by atoms with E-state index in [-0.39, 0.29) is 29.0 Å². The molecular weight excluding hydrogens is 450 g/mol. The summed E-state index contributed by atoms with van der Waals surface area (Å²) < 4.78 is 10.6. The van der Waals surface area contributed by atoms with Crippen LogP contribution in [-0.2, 0) is 16.1 Å². The van der Waals surface area contributed by atoms with Crippen LogP contribution in [0, 0.1) is 0 Å². The molecule has 3 aromatic carbocycles. The molecule has 0 bridgehead atoms. The van der Waals surface area contributed by atoms with E-state index in [0.717, 1.165) is 0 Å². The van der Waals surface area contributed by atoms with Gasteiger partial charge in [0.1, 0.15) is 17.3 Å². The van der Waals surface area contributed by atoms with E-state index in [1.54, 1.807) is 60.7 Å². The highest BCUT2D eigenvalue weighted by Crippen LogP contribution is 2.42. The number of carbonyl (C=O) groups is 3. The minimum Gasteiger partial charge on any atom is -0.507 e. The standard InChI is InChI=1S/C27H23NO7/c1-34-19-13-11-17(12-14-19)23-22(24(29)20-5-3-4-6-21(20)35-2)25(30)26(31)28(23)15-16-7-9-18(10-8-16)27(32)33/h3-14,23,29H,15H2,1-2H3,(H,32,33)/b24-22+. The van der Waals surface area contributed by atoms with Gasteiger partial charge in [0.05, 0.1) is 37.0 Å². The van der Waals surface area contributed by atoms with Crippen molar-refractivity contribution >= 4 is 23.4 Å². The average Bonchev–Trinajstić information content (AvgIpc) is 3.13. The molecule has 8 heteroatoms. The van der Waals surface area contributed by atoms with Crippen molar-refractivity contribution in [2.24, 2.45) is 0 Å². The molecule has 0 spiro atoms. The highest BCUT2D eigenvalue weighted by molar-refractivity contribution is 6.46. The molecule has 0 aliphatic carbocycles. The second-order valence-electron chi connectivity index (χ2n) is 7.90. The van der Waals surface area contributed by atoms with Gasteiger partial charge >= 0.3 is 5.97 Å². The number of rotatable bonds is 7. The molecule has 3 aromatic rings. The summed E-state index contributed by atoms with van der Waals surface area (Å²) in [7, 11) is 2.98. The van der Waals surface area contributed by atoms with E-state index in [4.69, 9.17) is 14.6 Å². The predicted molar refractivity (Wildman–Crippen MR) is 127 cm³/mol. The maximum atomic E-state index is 13.2. The first-order valence-corrected chi connectivity index (χ1v) is 10.7. The number of hydrogen-bond acceptors (Lipinski definition) is 6. The van der Waals surface area contributed by atoms with E-state index >= 15 is 0 Å². The number of para-hydroxylation sites is 1. The molecule has 178 valence electrons. The Bertz CT molecular complexity index is 1310. The number of carbonyl (C=O) groups excluding carboxylic acids is 2. The molecule has 1 atom stereocenters. The normalized spacial score (nSPS) is 16.9. The molecule has 0 radical (unpaired) electrons. The number of aromatic carboxylic acids is 1. The Hall–Kier alpha value is -4.59. The SMILES string of the molecule is COc1ccc(C2/C(=C(\O)c3ccccc3OC)C(=O)C(=O)N2Cc2ccc(C(=O)O)cc2)cc1. The van der Waals surface area contributed by atoms with Gasteiger partial charge in [-0.05, 0) is 47.5 Å². The second-order valence-corrected chi connectivity index (χ2v) is 7.90. The Kier molecular flexibility index (Phi) is 6.55. The lowest BCUT2D eigenvalue weighted by Crippen LogP contribution is -2.29. The molecule has 4 rings (SSSR count). The van der Waals surface area contributed by atoms with Crippen LogP contribution in [-0.4, -0.2) is 47.0 Å². The minimum atomic E-state index is -1.06. The van der Waals surface area contributed by atoms with Crippen molar-refractivity contribution in [3.05, 3.63) is 101 Å². The molecule has 8 nitrogen and oxygen atoms in total. The number of hydrogen-bond donors (Lipinski definition) is 2. The monoisotopic (exact) mass is 473 g/mol. The summed E-state index contributed by atoms with van der Waals surface area (Å²) in [6.45, 7) is 0.0316. The van der Waals surface area contributed by atoms with Crippen molar-refractivity contribution in [3.8, 4) is 11.5 Å². The lowest BCUT2D eigenvalue weighted by Gasteiger charge is -2.25. The van der Waals surface area contributed by atoms with E-state index in [9.17, 15) is 19.5 Å². The number of ketones is 1. The Morgan fingerprint density at radius 1 is 0.886 bits per heavy atom. The molecule has 0 aromatic heterocycles. The van der Waals surface area contributed by atoms with Crippen molar-refractivity contribution in [3.63, 3.8) is 0 Å². The highest BCUT2D eigenvalue weighted by Gasteiger charge is 2.46. The zero-order chi connectivity index (χ0) is 25.1. The fourth-order valence-electron chi connectivity index (χ4n) is 4.11. The first kappa shape index (κ1) is 23.6. The number of nitrogens with zero attached hydrogens (tertiary/aromatic N) is 1. The number of ether oxygens (including phenoxy) is 2. The zero-order valence-electron chi connectivity index (χ0n) is 19.1. The van der Waals surface area contributed by atoms with Crippen molar-refractivity contribution in [1.29, 1.82) is 0 Å². The number of Topliss-reactive ketones (excluding diaryl/α,β-unsaturated/α-hetero) is 1. The topological polar surface area (TPSA) is 113 Å². The molecular formula is C27H23NO7. The summed E-state index contributed by atoms with van der Waals surface area (Å²) in [4.78, 5) is 38.9. The van der Waals surface area contributed by atoms with Crippen LogP contribution in [0.15, 0.2) is 78.4 Å². The molecule has 1 fully saturated rings. The van der Waals surface area contributed by atoms with E-state index in [1.165, 1.54) is 31.3 Å². The molecule has 1 unspecified atom stereocenters. The summed E-state index contributed by atoms with van der Waals surface area (Å²) in [5.74, 6) is -2.05. The highest BCUT2D eigenvalue weighted by atomic mass is 16.5. The van der Waals surface area contributed by atoms with Crippen LogP contribution in [0.5, 0.6) is 11.5 Å². The van der Waals surface area contributed by atoms with Crippen LogP contribution < -0.4 is 9.47 Å². The van der Waals surface area contributed by atoms with Crippen molar-refractivity contribution < 1.29 is 34.1 Å². The van der Waals surface area contributed by atoms with Crippen molar-refractivity contribution in [1.82, 2.24) is 4.90 Å². The lowest BCUT2D eigenvalue weighted by atomic mass is 9.94. The maximum Gasteiger partial charge on any atom is 0.335 e. The van der Waals surface area contributed by atoms with Gasteiger partial charge in [-0.3, -0.25) is 9.59 Å². The fourth-order valence-corrected chi connectivity index (χ4v) is 4.11. The molecule has 1 saturated heterocycles. The first-order valence-electron chi connectivity index (χ1n) is 10.7. The largest absolute Gasteiger partial charge is 0.507 e. The van der Waals surface area contributed by atoms with Crippen LogP contribution in [0.2, 0.25) is 0 Å². The lowest BCUT2D eigenvalue weighted by molar-refractivity contribution is -0.140. The van der Waals surface area contributed by atoms with Crippen LogP contribution in [0.3, 0.4) is 0 Å². The van der Waals surface area contributed by atoms with Crippen LogP contribution in [0.4, 0.5) is 0 Å². The zero-order valence-corrected chi connectivity index (χ0v) is 19.1. The Morgan fingerprint density at radius 2 is 1.54 bits per heavy atom. The fraction of sp³-hybridized carbons (Fsp3) is 0.148. The Balaban J connectivity index is 1.84. The number of carboxylic acid groups (broad SMARTS) is 1. The van der Waals surface area contributed by atoms with Gasteiger partial charge in [0.25, 0.3) is 11.7 Å². The summed E-state index contributed by atoms with van der Waals surface area (Å²) in [6.07, 6.45) is 0. The van der Waals surface area contributed by atoms with Crippen molar-refractivity contribution in [2.45, 2.75) is 12.6 Å². The van der Waals surface area contributed by atoms with Gasteiger partial charge in [0.15, 0.2) is 0 Å². The molecule has 35 heavy (non-hydrogen) atoms. The van der Waals surface area contributed by atoms with Gasteiger partial charge in [-0.25, -0.2) is 4.79 Å². The van der Waals surface area contributed by atoms with Gasteiger partial charge in [0.2, 0.25) is 0 Å². The van der Waals surface area contributed by atoms with E-state index in [0.29, 0.717) is 22.6 Å². The third-order valence-electron chi connectivity index (χ3n) is 5.89. The van der Waals surface area contributed by atoms with Crippen LogP contribution in [0.1, 0.15) is 33.1 Å². The number of aliphatic hydroxyl groups excluding tert-OH is 1. The number of amides is 1. The van der Waals surface area contributed by atoms with Crippen molar-refractivity contribution in [2.75, 3.05) is 14.2 Å². The van der Waals surface area contributed by atoms with Gasteiger partial charge < -0.3 is 24.6 Å². The van der Waals surface area contributed by atoms with E-state index in [1.807, 2.05) is 0 Å². The summed E-state index contributed by atoms with van der Waals surface area (Å²) in [6, 6.07) is 18.7. The third kappa shape index (κ3) is 4.46. The number of carboxylic acids is 1. The number of likely N-dealkylation sites (tertiary alicyclic amines) is 1. The molecule has 1 amide bonds.